The van der Waals surface area contributed by atoms with E-state index in [1.165, 1.54) is 0 Å². The van der Waals surface area contributed by atoms with E-state index in [9.17, 15) is 0 Å². The Kier molecular flexibility index (Phi) is 25.7. The molecule has 3 N–H and O–H groups in total. The summed E-state index contributed by atoms with van der Waals surface area (Å²) in [5, 5.41) is 21.5. The quantitative estimate of drug-likeness (QED) is 0.351. The first-order valence-electron chi connectivity index (χ1n) is 0.775. The fraction of sp³-hybridized carbons (Fsp3) is 0. The van der Waals surface area contributed by atoms with Crippen LogP contribution in [0, 0.1) is 0 Å². The van der Waals surface area contributed by atoms with Gasteiger partial charge in [0.2, 0.25) is 0 Å². The van der Waals surface area contributed by atoms with Gasteiger partial charge in [-0.2, -0.15) is 0 Å². The third-order valence-corrected chi connectivity index (χ3v) is 0. The molecule has 1 radical (unpaired) electrons. The van der Waals surface area contributed by atoms with E-state index in [4.69, 9.17) is 15.1 Å². The smallest absolute Gasteiger partial charge is 1.00 e. The molecule has 0 rings (SSSR count). The van der Waals surface area contributed by atoms with Crippen LogP contribution in [0.3, 0.4) is 0 Å². The Labute approximate surface area is 79.4 Å². The molecule has 0 aromatic heterocycles. The van der Waals surface area contributed by atoms with Crippen LogP contribution in [0.2, 0.25) is 0 Å². The van der Waals surface area contributed by atoms with E-state index in [0.717, 1.165) is 0 Å². The van der Waals surface area contributed by atoms with Crippen LogP contribution in [0.25, 0.3) is 0 Å². The molecule has 6 heteroatoms. The summed E-state index contributed by atoms with van der Waals surface area (Å²) in [4.78, 5) is 0. The monoisotopic (exact) mass is 159 g/mol. The van der Waals surface area contributed by atoms with Crippen molar-refractivity contribution < 1.29 is 35.0 Å². The van der Waals surface area contributed by atoms with Crippen LogP contribution in [0.15, 0.2) is 0 Å². The average molecular weight is 159 g/mol. The van der Waals surface area contributed by atoms with E-state index in [1.807, 2.05) is 0 Å². The number of rotatable bonds is 0. The SMILES string of the molecule is OB(O)O.[Ca+2].[H-].[H-].[Mn]. The zero-order chi connectivity index (χ0) is 3.58. The Morgan fingerprint density at radius 3 is 1.17 bits per heavy atom. The van der Waals surface area contributed by atoms with E-state index in [1.54, 1.807) is 0 Å². The van der Waals surface area contributed by atoms with Gasteiger partial charge in [-0.3, -0.25) is 0 Å². The van der Waals surface area contributed by atoms with Gasteiger partial charge in [-0.05, 0) is 0 Å². The molecule has 35 valence electrons. The fourth-order valence-corrected chi connectivity index (χ4v) is 0. The van der Waals surface area contributed by atoms with Crippen molar-refractivity contribution >= 4 is 45.1 Å². The molecule has 0 aromatic carbocycles. The minimum absolute atomic E-state index is 0. The molecule has 0 heterocycles. The topological polar surface area (TPSA) is 60.7 Å². The molecular weight excluding hydrogens is 154 g/mol. The summed E-state index contributed by atoms with van der Waals surface area (Å²) in [5.41, 5.74) is 0. The van der Waals surface area contributed by atoms with E-state index in [2.05, 4.69) is 0 Å². The summed E-state index contributed by atoms with van der Waals surface area (Å²) in [6.07, 6.45) is 0. The van der Waals surface area contributed by atoms with Gasteiger partial charge in [-0.15, -0.1) is 0 Å². The van der Waals surface area contributed by atoms with Crippen LogP contribution < -0.4 is 0 Å². The first kappa shape index (κ1) is 15.6. The summed E-state index contributed by atoms with van der Waals surface area (Å²) in [6.45, 7) is 0. The zero-order valence-corrected chi connectivity index (χ0v) is 6.39. The van der Waals surface area contributed by atoms with Crippen LogP contribution in [-0.2, 0) is 17.1 Å². The second-order valence-electron chi connectivity index (χ2n) is 0.346. The van der Waals surface area contributed by atoms with Crippen LogP contribution in [0.1, 0.15) is 2.85 Å². The molecule has 3 nitrogen and oxygen atoms in total. The van der Waals surface area contributed by atoms with Gasteiger partial charge in [0.1, 0.15) is 0 Å². The molecule has 0 atom stereocenters. The van der Waals surface area contributed by atoms with Gasteiger partial charge in [0.25, 0.3) is 0 Å². The normalized spacial score (nSPS) is 4.50. The third-order valence-electron chi connectivity index (χ3n) is 0. The van der Waals surface area contributed by atoms with Gasteiger partial charge < -0.3 is 17.9 Å². The van der Waals surface area contributed by atoms with Gasteiger partial charge in [-0.25, -0.2) is 0 Å². The largest absolute Gasteiger partial charge is 2.00 e. The minimum atomic E-state index is -2.17. The maximum Gasteiger partial charge on any atom is 2.00 e. The Hall–Kier alpha value is 1.72. The molecule has 0 spiro atoms. The van der Waals surface area contributed by atoms with E-state index in [0.29, 0.717) is 0 Å². The maximum atomic E-state index is 7.17. The third kappa shape index (κ3) is 43.0. The summed E-state index contributed by atoms with van der Waals surface area (Å²) in [7, 11) is -2.17. The second-order valence-corrected chi connectivity index (χ2v) is 0.346. The molecule has 0 fully saturated rings. The van der Waals surface area contributed by atoms with Gasteiger partial charge >= 0.3 is 45.1 Å². The molecule has 0 saturated heterocycles. The number of hydrogen-bond acceptors (Lipinski definition) is 3. The number of hydrogen-bond donors (Lipinski definition) is 3. The van der Waals surface area contributed by atoms with Crippen molar-refractivity contribution in [2.75, 3.05) is 0 Å². The minimum Gasteiger partial charge on any atom is -1.00 e. The molecule has 6 heavy (non-hydrogen) atoms. The first-order chi connectivity index (χ1) is 1.73. The van der Waals surface area contributed by atoms with E-state index >= 15 is 0 Å². The Morgan fingerprint density at radius 2 is 1.17 bits per heavy atom. The zero-order valence-electron chi connectivity index (χ0n) is 5.00. The van der Waals surface area contributed by atoms with Crippen LogP contribution in [0.5, 0.6) is 0 Å². The van der Waals surface area contributed by atoms with Crippen molar-refractivity contribution in [2.24, 2.45) is 0 Å². The summed E-state index contributed by atoms with van der Waals surface area (Å²) in [6, 6.07) is 0. The van der Waals surface area contributed by atoms with Crippen LogP contribution in [0.4, 0.5) is 0 Å². The van der Waals surface area contributed by atoms with Crippen LogP contribution in [-0.4, -0.2) is 60.1 Å². The van der Waals surface area contributed by atoms with Crippen molar-refractivity contribution in [1.82, 2.24) is 0 Å². The van der Waals surface area contributed by atoms with Crippen molar-refractivity contribution in [1.29, 1.82) is 0 Å². The van der Waals surface area contributed by atoms with E-state index in [-0.39, 0.29) is 57.7 Å². The van der Waals surface area contributed by atoms with Crippen molar-refractivity contribution in [3.63, 3.8) is 0 Å². The van der Waals surface area contributed by atoms with Crippen LogP contribution >= 0.6 is 0 Å². The molecule has 0 aliphatic carbocycles. The molecule has 0 amide bonds. The fourth-order valence-electron chi connectivity index (χ4n) is 0. The van der Waals surface area contributed by atoms with Gasteiger partial charge in [0, 0.05) is 17.1 Å². The Morgan fingerprint density at radius 1 is 1.17 bits per heavy atom. The average Bonchev–Trinajstić information content (AvgIpc) is 0.811. The van der Waals surface area contributed by atoms with E-state index < -0.39 is 7.32 Å². The molecular formula is H5BCaMnO3. The first-order valence-corrected chi connectivity index (χ1v) is 0.775. The van der Waals surface area contributed by atoms with Gasteiger partial charge in [-0.1, -0.05) is 0 Å². The van der Waals surface area contributed by atoms with Crippen molar-refractivity contribution in [2.45, 2.75) is 0 Å². The predicted molar refractivity (Wildman–Crippen MR) is 20.4 cm³/mol. The molecule has 0 aromatic rings. The molecule has 0 aliphatic heterocycles. The van der Waals surface area contributed by atoms with Crippen molar-refractivity contribution in [3.8, 4) is 0 Å². The Bertz CT molecular complexity index is 22.0. The summed E-state index contributed by atoms with van der Waals surface area (Å²) >= 11 is 0. The second kappa shape index (κ2) is 9.87. The van der Waals surface area contributed by atoms with Gasteiger partial charge in [0.05, 0.1) is 0 Å². The van der Waals surface area contributed by atoms with Crippen molar-refractivity contribution in [3.05, 3.63) is 0 Å². The maximum absolute atomic E-state index is 7.17. The molecule has 0 unspecified atom stereocenters. The summed E-state index contributed by atoms with van der Waals surface area (Å²) < 4.78 is 0. The Balaban J connectivity index is -0.00000000750. The molecule has 0 saturated carbocycles. The van der Waals surface area contributed by atoms with Gasteiger partial charge in [0.15, 0.2) is 0 Å². The predicted octanol–water partition coefficient (Wildman–Crippen LogP) is -2.21. The molecule has 0 bridgehead atoms. The standard InChI is InChI=1S/BH3O3.Ca.Mn.2H/c2-1(3)4;;;;/h2-4H;;;;/q;+2;;2*-1. The summed E-state index contributed by atoms with van der Waals surface area (Å²) in [5.74, 6) is 0. The molecule has 0 aliphatic rings.